The maximum atomic E-state index is 8.50. The van der Waals surface area contributed by atoms with E-state index in [1.54, 1.807) is 6.08 Å². The number of hydrogen-bond acceptors (Lipinski definition) is 1. The van der Waals surface area contributed by atoms with Gasteiger partial charge in [-0.3, -0.25) is 0 Å². The Labute approximate surface area is 145 Å². The highest BCUT2D eigenvalue weighted by molar-refractivity contribution is 6.99. The van der Waals surface area contributed by atoms with Crippen LogP contribution in [0.3, 0.4) is 0 Å². The lowest BCUT2D eigenvalue weighted by molar-refractivity contribution is 0.293. The predicted octanol–water partition coefficient (Wildman–Crippen LogP) is 4.53. The van der Waals surface area contributed by atoms with Crippen LogP contribution in [0.2, 0.25) is 5.04 Å². The van der Waals surface area contributed by atoms with Crippen LogP contribution < -0.4 is 10.4 Å². The van der Waals surface area contributed by atoms with E-state index in [4.69, 9.17) is 7.17 Å². The third-order valence-electron chi connectivity index (χ3n) is 4.09. The molecule has 0 unspecified atom stereocenters. The van der Waals surface area contributed by atoms with Crippen molar-refractivity contribution in [2.24, 2.45) is 0 Å². The number of benzene rings is 2. The molecule has 0 aliphatic heterocycles. The lowest BCUT2D eigenvalue weighted by atomic mass is 10.2. The SMILES string of the molecule is [2H]C([2H])(CCC=C)O[Si](c1ccccc1)(c1ccccc1)C(C)(C)C. The van der Waals surface area contributed by atoms with Gasteiger partial charge >= 0.3 is 0 Å². The van der Waals surface area contributed by atoms with Gasteiger partial charge in [0.15, 0.2) is 0 Å². The van der Waals surface area contributed by atoms with Gasteiger partial charge in [-0.1, -0.05) is 87.5 Å². The molecule has 23 heavy (non-hydrogen) atoms. The van der Waals surface area contributed by atoms with Gasteiger partial charge in [0, 0.05) is 6.56 Å². The van der Waals surface area contributed by atoms with Crippen LogP contribution >= 0.6 is 0 Å². The normalized spacial score (nSPS) is 14.0. The number of allylic oxidation sites excluding steroid dienone is 1. The van der Waals surface area contributed by atoms with Crippen molar-refractivity contribution in [3.8, 4) is 0 Å². The van der Waals surface area contributed by atoms with Gasteiger partial charge < -0.3 is 4.43 Å². The average Bonchev–Trinajstić information content (AvgIpc) is 2.58. The lowest BCUT2D eigenvalue weighted by Gasteiger charge is -2.43. The summed E-state index contributed by atoms with van der Waals surface area (Å²) in [6.45, 7) is 8.47. The molecule has 0 atom stereocenters. The summed E-state index contributed by atoms with van der Waals surface area (Å²) in [6.07, 6.45) is 2.64. The molecule has 0 N–H and O–H groups in total. The molecule has 0 spiro atoms. The zero-order chi connectivity index (χ0) is 18.6. The molecule has 0 radical (unpaired) electrons. The van der Waals surface area contributed by atoms with Crippen molar-refractivity contribution >= 4 is 18.7 Å². The minimum absolute atomic E-state index is 0.225. The number of hydrogen-bond donors (Lipinski definition) is 0. The first-order chi connectivity index (χ1) is 11.7. The fourth-order valence-corrected chi connectivity index (χ4v) is 7.22. The maximum Gasteiger partial charge on any atom is 0.261 e. The van der Waals surface area contributed by atoms with Crippen molar-refractivity contribution in [1.29, 1.82) is 0 Å². The Bertz CT molecular complexity index is 639. The van der Waals surface area contributed by atoms with Gasteiger partial charge in [-0.25, -0.2) is 0 Å². The third-order valence-corrected chi connectivity index (χ3v) is 8.95. The highest BCUT2D eigenvalue weighted by Crippen LogP contribution is 2.36. The molecule has 0 bridgehead atoms. The smallest absolute Gasteiger partial charge is 0.261 e. The fraction of sp³-hybridized carbons (Fsp3) is 0.333. The predicted molar refractivity (Wildman–Crippen MR) is 103 cm³/mol. The van der Waals surface area contributed by atoms with Crippen molar-refractivity contribution in [2.45, 2.75) is 38.7 Å². The molecule has 2 aromatic carbocycles. The first-order valence-electron chi connectivity index (χ1n) is 9.15. The van der Waals surface area contributed by atoms with E-state index in [0.29, 0.717) is 12.8 Å². The van der Waals surface area contributed by atoms with Crippen LogP contribution in [0.1, 0.15) is 36.4 Å². The van der Waals surface area contributed by atoms with E-state index in [0.717, 1.165) is 10.4 Å². The summed E-state index contributed by atoms with van der Waals surface area (Å²) in [6, 6.07) is 20.3. The van der Waals surface area contributed by atoms with Gasteiger partial charge in [-0.2, -0.15) is 0 Å². The summed E-state index contributed by atoms with van der Waals surface area (Å²) >= 11 is 0. The van der Waals surface area contributed by atoms with Crippen molar-refractivity contribution in [2.75, 3.05) is 6.56 Å². The van der Waals surface area contributed by atoms with Crippen LogP contribution in [-0.2, 0) is 4.43 Å². The van der Waals surface area contributed by atoms with Gasteiger partial charge in [0.2, 0.25) is 0 Å². The van der Waals surface area contributed by atoms with Crippen LogP contribution in [0, 0.1) is 0 Å². The molecule has 0 aromatic heterocycles. The first kappa shape index (κ1) is 14.9. The van der Waals surface area contributed by atoms with Crippen LogP contribution in [0.25, 0.3) is 0 Å². The molecule has 1 nitrogen and oxygen atoms in total. The molecule has 0 amide bonds. The van der Waals surface area contributed by atoms with Crippen molar-refractivity contribution in [3.05, 3.63) is 73.3 Å². The minimum atomic E-state index is -2.84. The maximum absolute atomic E-state index is 8.50. The Morgan fingerprint density at radius 1 is 1.00 bits per heavy atom. The highest BCUT2D eigenvalue weighted by Gasteiger charge is 2.49. The summed E-state index contributed by atoms with van der Waals surface area (Å²) in [7, 11) is -2.84. The summed E-state index contributed by atoms with van der Waals surface area (Å²) in [5.74, 6) is 0. The standard InChI is InChI=1S/C21H28OSi/c1-5-6-13-18-22-23(21(2,3)4,19-14-9-7-10-15-19)20-16-11-8-12-17-20/h5,7-12,14-17H,1,6,13,18H2,2-4H3/i18D2. The fourth-order valence-electron chi connectivity index (χ4n) is 2.97. The van der Waals surface area contributed by atoms with Gasteiger partial charge in [-0.05, 0) is 28.3 Å². The van der Waals surface area contributed by atoms with Gasteiger partial charge in [-0.15, -0.1) is 6.58 Å². The topological polar surface area (TPSA) is 9.23 Å². The van der Waals surface area contributed by atoms with Crippen molar-refractivity contribution in [1.82, 2.24) is 0 Å². The zero-order valence-corrected chi connectivity index (χ0v) is 15.4. The van der Waals surface area contributed by atoms with Crippen LogP contribution in [0.15, 0.2) is 73.3 Å². The Kier molecular flexibility index (Phi) is 5.03. The van der Waals surface area contributed by atoms with E-state index < -0.39 is 14.9 Å². The van der Waals surface area contributed by atoms with Crippen molar-refractivity contribution in [3.63, 3.8) is 0 Å². The first-order valence-corrected chi connectivity index (χ1v) is 10.1. The van der Waals surface area contributed by atoms with Crippen molar-refractivity contribution < 1.29 is 7.17 Å². The molecular weight excluding hydrogens is 296 g/mol. The van der Waals surface area contributed by atoms with E-state index in [2.05, 4.69) is 51.6 Å². The lowest BCUT2D eigenvalue weighted by Crippen LogP contribution is -2.66. The Balaban J connectivity index is 2.66. The van der Waals surface area contributed by atoms with Crippen LogP contribution in [-0.4, -0.2) is 14.9 Å². The van der Waals surface area contributed by atoms with E-state index in [-0.39, 0.29) is 5.04 Å². The molecule has 0 saturated carbocycles. The van der Waals surface area contributed by atoms with Crippen LogP contribution in [0.5, 0.6) is 0 Å². The van der Waals surface area contributed by atoms with E-state index in [1.165, 1.54) is 0 Å². The molecule has 2 rings (SSSR count). The second-order valence-corrected chi connectivity index (χ2v) is 11.0. The zero-order valence-electron chi connectivity index (χ0n) is 16.4. The molecule has 0 aliphatic carbocycles. The third kappa shape index (κ3) is 3.82. The molecule has 0 aliphatic rings. The quantitative estimate of drug-likeness (QED) is 0.536. The summed E-state index contributed by atoms with van der Waals surface area (Å²) in [5.41, 5.74) is 0. The minimum Gasteiger partial charge on any atom is -0.407 e. The Morgan fingerprint density at radius 2 is 1.48 bits per heavy atom. The van der Waals surface area contributed by atoms with E-state index >= 15 is 0 Å². The van der Waals surface area contributed by atoms with Crippen LogP contribution in [0.4, 0.5) is 0 Å². The second-order valence-electron chi connectivity index (χ2n) is 6.74. The summed E-state index contributed by atoms with van der Waals surface area (Å²) < 4.78 is 23.5. The monoisotopic (exact) mass is 326 g/mol. The molecule has 122 valence electrons. The summed E-state index contributed by atoms with van der Waals surface area (Å²) in [4.78, 5) is 0. The average molecular weight is 327 g/mol. The number of rotatable bonds is 7. The Morgan fingerprint density at radius 3 is 1.87 bits per heavy atom. The largest absolute Gasteiger partial charge is 0.407 e. The van der Waals surface area contributed by atoms with E-state index in [9.17, 15) is 0 Å². The van der Waals surface area contributed by atoms with Gasteiger partial charge in [0.05, 0.1) is 2.74 Å². The highest BCUT2D eigenvalue weighted by atomic mass is 28.4. The molecule has 2 heteroatoms. The van der Waals surface area contributed by atoms with E-state index in [1.807, 2.05) is 36.4 Å². The second kappa shape index (κ2) is 7.76. The molecule has 0 heterocycles. The molecule has 0 fully saturated rings. The summed E-state index contributed by atoms with van der Waals surface area (Å²) in [5, 5.41) is 1.96. The van der Waals surface area contributed by atoms with Gasteiger partial charge in [0.25, 0.3) is 8.32 Å². The van der Waals surface area contributed by atoms with Gasteiger partial charge in [0.1, 0.15) is 0 Å². The molecule has 0 saturated heterocycles. The molecule has 2 aromatic rings. The molecular formula is C21H28OSi. The Hall–Kier alpha value is -1.64.